The van der Waals surface area contributed by atoms with Crippen molar-refractivity contribution in [3.63, 3.8) is 0 Å². The predicted octanol–water partition coefficient (Wildman–Crippen LogP) is 5.07. The number of nitrogens with zero attached hydrogens (tertiary/aromatic N) is 2. The van der Waals surface area contributed by atoms with Crippen LogP contribution in [0.5, 0.6) is 0 Å². The zero-order valence-electron chi connectivity index (χ0n) is 21.1. The van der Waals surface area contributed by atoms with Crippen LogP contribution in [0.1, 0.15) is 17.3 Å². The first-order chi connectivity index (χ1) is 18.6. The maximum atomic E-state index is 13.2. The van der Waals surface area contributed by atoms with Crippen molar-refractivity contribution in [1.29, 1.82) is 0 Å². The number of amides is 1. The lowest BCUT2D eigenvalue weighted by molar-refractivity contribution is 0.102. The first-order valence-corrected chi connectivity index (χ1v) is 15.9. The molecule has 4 rings (SSSR count). The van der Waals surface area contributed by atoms with E-state index in [0.717, 1.165) is 4.90 Å². The molecule has 1 aromatic heterocycles. The minimum absolute atomic E-state index is 0.0134. The molecule has 0 aliphatic rings. The van der Waals surface area contributed by atoms with Crippen LogP contribution in [0.15, 0.2) is 112 Å². The molecule has 0 aliphatic carbocycles. The van der Waals surface area contributed by atoms with Crippen molar-refractivity contribution in [2.75, 3.05) is 27.1 Å². The molecule has 12 heteroatoms. The van der Waals surface area contributed by atoms with Gasteiger partial charge in [0.15, 0.2) is 0 Å². The zero-order chi connectivity index (χ0) is 28.0. The van der Waals surface area contributed by atoms with Crippen molar-refractivity contribution in [2.24, 2.45) is 0 Å². The number of hydrogen-bond acceptors (Lipinski definition) is 7. The van der Waals surface area contributed by atoms with E-state index in [1.807, 2.05) is 6.26 Å². The van der Waals surface area contributed by atoms with Gasteiger partial charge in [0.1, 0.15) is 5.82 Å². The van der Waals surface area contributed by atoms with Crippen LogP contribution >= 0.6 is 11.8 Å². The summed E-state index contributed by atoms with van der Waals surface area (Å²) in [4.78, 5) is 17.9. The molecule has 0 aliphatic heterocycles. The number of nitrogens with one attached hydrogen (secondary N) is 2. The lowest BCUT2D eigenvalue weighted by Gasteiger charge is -2.23. The van der Waals surface area contributed by atoms with Gasteiger partial charge in [-0.1, -0.05) is 6.07 Å². The van der Waals surface area contributed by atoms with Crippen LogP contribution in [-0.2, 0) is 20.0 Å². The van der Waals surface area contributed by atoms with Crippen molar-refractivity contribution in [3.8, 4) is 0 Å². The van der Waals surface area contributed by atoms with Crippen LogP contribution in [0.3, 0.4) is 0 Å². The molecule has 9 nitrogen and oxygen atoms in total. The first kappa shape index (κ1) is 28.1. The highest BCUT2D eigenvalue weighted by molar-refractivity contribution is 7.98. The highest BCUT2D eigenvalue weighted by Crippen LogP contribution is 2.26. The van der Waals surface area contributed by atoms with E-state index in [0.29, 0.717) is 16.9 Å². The van der Waals surface area contributed by atoms with Crippen LogP contribution < -0.4 is 14.3 Å². The zero-order valence-corrected chi connectivity index (χ0v) is 23.6. The van der Waals surface area contributed by atoms with Gasteiger partial charge in [0.05, 0.1) is 15.5 Å². The number of pyridine rings is 1. The molecular formula is C27H26N4O5S3. The molecule has 3 aromatic carbocycles. The molecular weight excluding hydrogens is 557 g/mol. The molecule has 4 aromatic rings. The Hall–Kier alpha value is -3.87. The van der Waals surface area contributed by atoms with Crippen LogP contribution in [0, 0.1) is 0 Å². The molecule has 39 heavy (non-hydrogen) atoms. The Labute approximate surface area is 232 Å². The number of anilines is 3. The van der Waals surface area contributed by atoms with E-state index in [-0.39, 0.29) is 22.2 Å². The number of thioether (sulfide) groups is 1. The van der Waals surface area contributed by atoms with Gasteiger partial charge in [-0.15, -0.1) is 11.8 Å². The number of carbonyl (C=O) groups excluding carboxylic acids is 1. The average Bonchev–Trinajstić information content (AvgIpc) is 2.94. The van der Waals surface area contributed by atoms with Crippen LogP contribution in [-0.4, -0.2) is 40.5 Å². The second-order valence-corrected chi connectivity index (χ2v) is 12.6. The van der Waals surface area contributed by atoms with Crippen LogP contribution in [0.4, 0.5) is 17.2 Å². The molecule has 0 atom stereocenters. The molecule has 0 radical (unpaired) electrons. The summed E-state index contributed by atoms with van der Waals surface area (Å²) in [7, 11) is -7.62. The minimum atomic E-state index is -3.84. The first-order valence-electron chi connectivity index (χ1n) is 11.8. The maximum Gasteiger partial charge on any atom is 0.264 e. The van der Waals surface area contributed by atoms with Gasteiger partial charge >= 0.3 is 0 Å². The molecule has 0 unspecified atom stereocenters. The molecule has 1 amide bonds. The third kappa shape index (κ3) is 6.59. The number of hydrogen-bond donors (Lipinski definition) is 2. The summed E-state index contributed by atoms with van der Waals surface area (Å²) in [5.41, 5.74) is 1.13. The van der Waals surface area contributed by atoms with E-state index in [1.54, 1.807) is 55.5 Å². The summed E-state index contributed by atoms with van der Waals surface area (Å²) in [6.45, 7) is 1.95. The summed E-state index contributed by atoms with van der Waals surface area (Å²) in [5, 5.41) is 2.72. The standard InChI is InChI=1S/C27H26N4O5S3/c1-3-31(39(35,36)25-17-13-23(37-2)14-18-25)22-11-7-20(8-12-22)27(32)29-21-9-15-24(16-10-21)38(33,34)30-26-6-4-5-19-28-26/h4-19H,3H2,1-2H3,(H,28,30)(H,29,32). The van der Waals surface area contributed by atoms with Crippen LogP contribution in [0.25, 0.3) is 0 Å². The van der Waals surface area contributed by atoms with Gasteiger partial charge in [0.2, 0.25) is 0 Å². The Balaban J connectivity index is 1.45. The Morgan fingerprint density at radius 1 is 0.846 bits per heavy atom. The van der Waals surface area contributed by atoms with E-state index in [1.165, 1.54) is 64.7 Å². The lowest BCUT2D eigenvalue weighted by Crippen LogP contribution is -2.30. The Bertz CT molecular complexity index is 1640. The number of aromatic nitrogens is 1. The van der Waals surface area contributed by atoms with Crippen molar-refractivity contribution in [2.45, 2.75) is 21.6 Å². The van der Waals surface area contributed by atoms with E-state index < -0.39 is 26.0 Å². The smallest absolute Gasteiger partial charge is 0.264 e. The highest BCUT2D eigenvalue weighted by Gasteiger charge is 2.24. The molecule has 1 heterocycles. The van der Waals surface area contributed by atoms with Gasteiger partial charge in [-0.2, -0.15) is 0 Å². The quantitative estimate of drug-likeness (QED) is 0.250. The summed E-state index contributed by atoms with van der Waals surface area (Å²) in [6.07, 6.45) is 3.40. The molecule has 2 N–H and O–H groups in total. The Kier molecular flexibility index (Phi) is 8.58. The number of benzene rings is 3. The molecule has 202 valence electrons. The topological polar surface area (TPSA) is 126 Å². The lowest BCUT2D eigenvalue weighted by atomic mass is 10.2. The fourth-order valence-corrected chi connectivity index (χ4v) is 6.58. The molecule has 0 fully saturated rings. The normalized spacial score (nSPS) is 11.5. The van der Waals surface area contributed by atoms with Crippen molar-refractivity contribution < 1.29 is 21.6 Å². The molecule has 0 saturated heterocycles. The van der Waals surface area contributed by atoms with Crippen molar-refractivity contribution >= 4 is 54.9 Å². The fraction of sp³-hybridized carbons (Fsp3) is 0.111. The van der Waals surface area contributed by atoms with Gasteiger partial charge in [-0.25, -0.2) is 21.8 Å². The largest absolute Gasteiger partial charge is 0.322 e. The number of sulfonamides is 2. The van der Waals surface area contributed by atoms with E-state index in [4.69, 9.17) is 0 Å². The molecule has 0 bridgehead atoms. The third-order valence-corrected chi connectivity index (χ3v) is 9.71. The van der Waals surface area contributed by atoms with Gasteiger partial charge in [-0.3, -0.25) is 13.8 Å². The SMILES string of the molecule is CCN(c1ccc(C(=O)Nc2ccc(S(=O)(=O)Nc3ccccn3)cc2)cc1)S(=O)(=O)c1ccc(SC)cc1. The maximum absolute atomic E-state index is 13.2. The predicted molar refractivity (Wildman–Crippen MR) is 154 cm³/mol. The fourth-order valence-electron chi connectivity index (χ4n) is 3.69. The third-order valence-electron chi connectivity index (χ3n) is 5.68. The number of rotatable bonds is 10. The van der Waals surface area contributed by atoms with Crippen molar-refractivity contribution in [3.05, 3.63) is 103 Å². The number of carbonyl (C=O) groups is 1. The summed E-state index contributed by atoms with van der Waals surface area (Å²) >= 11 is 1.53. The average molecular weight is 583 g/mol. The summed E-state index contributed by atoms with van der Waals surface area (Å²) in [6, 6.07) is 23.5. The highest BCUT2D eigenvalue weighted by atomic mass is 32.2. The minimum Gasteiger partial charge on any atom is -0.322 e. The van der Waals surface area contributed by atoms with Crippen molar-refractivity contribution in [1.82, 2.24) is 4.98 Å². The summed E-state index contributed by atoms with van der Waals surface area (Å²) < 4.78 is 55.2. The van der Waals surface area contributed by atoms with Gasteiger partial charge in [-0.05, 0) is 98.1 Å². The van der Waals surface area contributed by atoms with Crippen LogP contribution in [0.2, 0.25) is 0 Å². The monoisotopic (exact) mass is 582 g/mol. The molecule has 0 saturated carbocycles. The second kappa shape index (κ2) is 11.9. The Morgan fingerprint density at radius 2 is 1.49 bits per heavy atom. The Morgan fingerprint density at radius 3 is 2.05 bits per heavy atom. The van der Waals surface area contributed by atoms with Gasteiger partial charge in [0, 0.05) is 28.9 Å². The van der Waals surface area contributed by atoms with E-state index in [2.05, 4.69) is 15.0 Å². The molecule has 0 spiro atoms. The second-order valence-electron chi connectivity index (χ2n) is 8.19. The van der Waals surface area contributed by atoms with E-state index in [9.17, 15) is 21.6 Å². The van der Waals surface area contributed by atoms with Gasteiger partial charge in [0.25, 0.3) is 26.0 Å². The van der Waals surface area contributed by atoms with E-state index >= 15 is 0 Å². The van der Waals surface area contributed by atoms with Gasteiger partial charge < -0.3 is 5.32 Å². The summed E-state index contributed by atoms with van der Waals surface area (Å²) in [5.74, 6) is -0.233.